The number of hydrogen-bond acceptors (Lipinski definition) is 8. The van der Waals surface area contributed by atoms with E-state index >= 15 is 0 Å². The molecule has 0 spiro atoms. The molecule has 1 aliphatic heterocycles. The van der Waals surface area contributed by atoms with E-state index in [1.807, 2.05) is 31.2 Å². The van der Waals surface area contributed by atoms with E-state index in [1.165, 1.54) is 38.3 Å². The van der Waals surface area contributed by atoms with Crippen molar-refractivity contribution in [2.45, 2.75) is 19.8 Å². The van der Waals surface area contributed by atoms with Gasteiger partial charge in [-0.3, -0.25) is 9.80 Å². The number of nitrogens with zero attached hydrogens (tertiary/aromatic N) is 4. The Bertz CT molecular complexity index is 1240. The molecule has 2 aromatic carbocycles. The van der Waals surface area contributed by atoms with Crippen LogP contribution in [0, 0.1) is 0 Å². The first-order valence-corrected chi connectivity index (χ1v) is 13.4. The number of urea groups is 1. The lowest BCUT2D eigenvalue weighted by Gasteiger charge is -2.22. The van der Waals surface area contributed by atoms with Crippen LogP contribution in [0.2, 0.25) is 10.0 Å². The fourth-order valence-corrected chi connectivity index (χ4v) is 4.82. The molecule has 2 amide bonds. The lowest BCUT2D eigenvalue weighted by molar-refractivity contribution is 0.238. The Morgan fingerprint density at radius 3 is 2.31 bits per heavy atom. The predicted octanol–water partition coefficient (Wildman–Crippen LogP) is 6.08. The zero-order valence-corrected chi connectivity index (χ0v) is 23.7. The smallest absolute Gasteiger partial charge is 0.327 e. The summed E-state index contributed by atoms with van der Waals surface area (Å²) in [6.07, 6.45) is 3.93. The molecule has 10 nitrogen and oxygen atoms in total. The van der Waals surface area contributed by atoms with Crippen LogP contribution in [-0.4, -0.2) is 67.9 Å². The summed E-state index contributed by atoms with van der Waals surface area (Å²) in [5.41, 5.74) is 0.995. The number of methoxy groups -OCH3 is 2. The van der Waals surface area contributed by atoms with E-state index in [4.69, 9.17) is 37.4 Å². The van der Waals surface area contributed by atoms with Gasteiger partial charge in [-0.15, -0.1) is 0 Å². The third kappa shape index (κ3) is 7.14. The van der Waals surface area contributed by atoms with Gasteiger partial charge in [0.1, 0.15) is 51.9 Å². The number of amides is 2. The summed E-state index contributed by atoms with van der Waals surface area (Å²) in [5.74, 6) is 2.34. The molecule has 0 bridgehead atoms. The van der Waals surface area contributed by atoms with Crippen LogP contribution in [0.1, 0.15) is 19.8 Å². The maximum Gasteiger partial charge on any atom is 0.327 e. The van der Waals surface area contributed by atoms with Gasteiger partial charge in [-0.05, 0) is 57.1 Å². The third-order valence-electron chi connectivity index (χ3n) is 6.30. The molecular weight excluding hydrogens is 543 g/mol. The highest BCUT2D eigenvalue weighted by Crippen LogP contribution is 2.44. The molecule has 3 aromatic rings. The summed E-state index contributed by atoms with van der Waals surface area (Å²) in [6.45, 7) is 6.06. The van der Waals surface area contributed by atoms with Crippen LogP contribution in [0.15, 0.2) is 42.7 Å². The van der Waals surface area contributed by atoms with Gasteiger partial charge in [-0.25, -0.2) is 14.8 Å². The highest BCUT2D eigenvalue weighted by molar-refractivity contribution is 6.41. The van der Waals surface area contributed by atoms with Crippen LogP contribution < -0.4 is 29.7 Å². The number of aromatic nitrogens is 2. The molecule has 4 rings (SSSR count). The Labute approximate surface area is 238 Å². The van der Waals surface area contributed by atoms with Crippen LogP contribution in [0.5, 0.6) is 17.2 Å². The van der Waals surface area contributed by atoms with Crippen molar-refractivity contribution in [2.24, 2.45) is 0 Å². The van der Waals surface area contributed by atoms with Gasteiger partial charge in [0.05, 0.1) is 19.9 Å². The minimum Gasteiger partial charge on any atom is -0.495 e. The lowest BCUT2D eigenvalue weighted by atomic mass is 10.2. The van der Waals surface area contributed by atoms with Crippen LogP contribution in [0.3, 0.4) is 0 Å². The molecule has 1 aromatic heterocycles. The van der Waals surface area contributed by atoms with E-state index in [-0.39, 0.29) is 15.7 Å². The predicted molar refractivity (Wildman–Crippen MR) is 155 cm³/mol. The summed E-state index contributed by atoms with van der Waals surface area (Å²) < 4.78 is 16.4. The van der Waals surface area contributed by atoms with Gasteiger partial charge in [0.15, 0.2) is 0 Å². The maximum atomic E-state index is 13.2. The number of rotatable bonds is 11. The monoisotopic (exact) mass is 574 g/mol. The number of anilines is 4. The van der Waals surface area contributed by atoms with Crippen molar-refractivity contribution < 1.29 is 19.0 Å². The van der Waals surface area contributed by atoms with E-state index in [0.717, 1.165) is 31.1 Å². The first-order valence-electron chi connectivity index (χ1n) is 12.7. The Morgan fingerprint density at radius 1 is 1.03 bits per heavy atom. The number of likely N-dealkylation sites (tertiary alicyclic amines) is 1. The summed E-state index contributed by atoms with van der Waals surface area (Å²) in [5, 5.41) is 6.30. The molecule has 0 unspecified atom stereocenters. The zero-order chi connectivity index (χ0) is 27.8. The number of ether oxygens (including phenoxy) is 3. The van der Waals surface area contributed by atoms with Gasteiger partial charge in [-0.1, -0.05) is 23.2 Å². The molecule has 0 saturated carbocycles. The van der Waals surface area contributed by atoms with E-state index in [1.54, 1.807) is 12.1 Å². The molecule has 1 fully saturated rings. The molecule has 1 aliphatic rings. The first-order chi connectivity index (χ1) is 18.9. The van der Waals surface area contributed by atoms with Gasteiger partial charge in [0, 0.05) is 30.9 Å². The summed E-state index contributed by atoms with van der Waals surface area (Å²) in [4.78, 5) is 25.7. The average molecular weight is 575 g/mol. The molecule has 0 atom stereocenters. The fraction of sp³-hybridized carbons (Fsp3) is 0.370. The first kappa shape index (κ1) is 28.5. The van der Waals surface area contributed by atoms with Crippen molar-refractivity contribution in [1.82, 2.24) is 14.9 Å². The minimum absolute atomic E-state index is 0.154. The number of halogens is 2. The molecule has 0 radical (unpaired) electrons. The SMILES string of the molecule is CCN(C(=O)Nc1c(Cl)c(OC)cc(OC)c1Cl)c1cc(Nc2ccc(OCCN3CCCC3)cc2)ncn1. The van der Waals surface area contributed by atoms with Gasteiger partial charge < -0.3 is 24.8 Å². The van der Waals surface area contributed by atoms with Crippen LogP contribution in [0.4, 0.5) is 27.8 Å². The molecule has 1 saturated heterocycles. The highest BCUT2D eigenvalue weighted by Gasteiger charge is 2.23. The molecule has 0 aliphatic carbocycles. The molecular formula is C27H32Cl2N6O4. The van der Waals surface area contributed by atoms with Gasteiger partial charge in [0.2, 0.25) is 0 Å². The fourth-order valence-electron chi connectivity index (χ4n) is 4.22. The van der Waals surface area contributed by atoms with Crippen LogP contribution in [-0.2, 0) is 0 Å². The molecule has 208 valence electrons. The van der Waals surface area contributed by atoms with Crippen molar-refractivity contribution in [3.8, 4) is 17.2 Å². The largest absolute Gasteiger partial charge is 0.495 e. The highest BCUT2D eigenvalue weighted by atomic mass is 35.5. The van der Waals surface area contributed by atoms with E-state index < -0.39 is 6.03 Å². The summed E-state index contributed by atoms with van der Waals surface area (Å²) in [6, 6.07) is 10.4. The number of hydrogen-bond donors (Lipinski definition) is 2. The molecule has 2 heterocycles. The topological polar surface area (TPSA) is 101 Å². The molecule has 39 heavy (non-hydrogen) atoms. The summed E-state index contributed by atoms with van der Waals surface area (Å²) in [7, 11) is 2.92. The van der Waals surface area contributed by atoms with Crippen molar-refractivity contribution >= 4 is 52.2 Å². The number of nitrogens with one attached hydrogen (secondary N) is 2. The van der Waals surface area contributed by atoms with Gasteiger partial charge in [-0.2, -0.15) is 0 Å². The molecule has 12 heteroatoms. The number of carbonyl (C=O) groups is 1. The van der Waals surface area contributed by atoms with Crippen molar-refractivity contribution in [3.05, 3.63) is 52.8 Å². The average Bonchev–Trinajstić information content (AvgIpc) is 3.46. The van der Waals surface area contributed by atoms with Crippen LogP contribution >= 0.6 is 23.2 Å². The summed E-state index contributed by atoms with van der Waals surface area (Å²) >= 11 is 12.8. The van der Waals surface area contributed by atoms with Crippen LogP contribution in [0.25, 0.3) is 0 Å². The Balaban J connectivity index is 1.42. The third-order valence-corrected chi connectivity index (χ3v) is 7.05. The Kier molecular flexibility index (Phi) is 9.91. The maximum absolute atomic E-state index is 13.2. The van der Waals surface area contributed by atoms with E-state index in [2.05, 4.69) is 25.5 Å². The van der Waals surface area contributed by atoms with E-state index in [0.29, 0.717) is 36.3 Å². The van der Waals surface area contributed by atoms with E-state index in [9.17, 15) is 4.79 Å². The van der Waals surface area contributed by atoms with Gasteiger partial charge >= 0.3 is 6.03 Å². The Morgan fingerprint density at radius 2 is 1.69 bits per heavy atom. The number of benzene rings is 2. The number of carbonyl (C=O) groups excluding carboxylic acids is 1. The van der Waals surface area contributed by atoms with Crippen molar-refractivity contribution in [3.63, 3.8) is 0 Å². The van der Waals surface area contributed by atoms with Gasteiger partial charge in [0.25, 0.3) is 0 Å². The second kappa shape index (κ2) is 13.5. The minimum atomic E-state index is -0.489. The quantitative estimate of drug-likeness (QED) is 0.284. The van der Waals surface area contributed by atoms with Crippen molar-refractivity contribution in [1.29, 1.82) is 0 Å². The second-order valence-electron chi connectivity index (χ2n) is 8.77. The Hall–Kier alpha value is -3.47. The lowest BCUT2D eigenvalue weighted by Crippen LogP contribution is -2.35. The normalized spacial score (nSPS) is 13.2. The standard InChI is InChI=1S/C27H32Cl2N6O4/c1-4-35(27(36)33-26-24(28)20(37-2)15-21(38-3)25(26)29)23-16-22(30-17-31-23)32-18-7-9-19(10-8-18)39-14-13-34-11-5-6-12-34/h7-10,15-17H,4-6,11-14H2,1-3H3,(H,33,36)(H,30,31,32). The molecule has 2 N–H and O–H groups in total. The second-order valence-corrected chi connectivity index (χ2v) is 9.52. The zero-order valence-electron chi connectivity index (χ0n) is 22.2. The van der Waals surface area contributed by atoms with Crippen molar-refractivity contribution in [2.75, 3.05) is 62.5 Å².